The Labute approximate surface area is 246 Å². The average molecular weight is 571 g/mol. The van der Waals surface area contributed by atoms with Crippen LogP contribution in [-0.4, -0.2) is 70.8 Å². The zero-order valence-corrected chi connectivity index (χ0v) is 24.4. The van der Waals surface area contributed by atoms with Crippen LogP contribution in [0.4, 0.5) is 5.69 Å². The van der Waals surface area contributed by atoms with Crippen molar-refractivity contribution >= 4 is 23.5 Å². The maximum Gasteiger partial charge on any atom is 0.313 e. The zero-order chi connectivity index (χ0) is 29.6. The minimum Gasteiger partial charge on any atom is -0.465 e. The van der Waals surface area contributed by atoms with E-state index in [0.717, 1.165) is 22.4 Å². The topological polar surface area (TPSA) is 96.4 Å². The van der Waals surface area contributed by atoms with Crippen LogP contribution in [0, 0.1) is 25.7 Å². The van der Waals surface area contributed by atoms with E-state index >= 15 is 0 Å². The van der Waals surface area contributed by atoms with Gasteiger partial charge in [-0.05, 0) is 62.8 Å². The highest BCUT2D eigenvalue weighted by Crippen LogP contribution is 2.57. The van der Waals surface area contributed by atoms with Crippen LogP contribution < -0.4 is 4.90 Å². The van der Waals surface area contributed by atoms with E-state index in [0.29, 0.717) is 19.3 Å². The van der Waals surface area contributed by atoms with Gasteiger partial charge in [-0.15, -0.1) is 0 Å². The number of cyclic esters (lactones) is 1. The molecule has 4 aliphatic heterocycles. The Balaban J connectivity index is 1.52. The number of likely N-dealkylation sites (tertiary alicyclic amines) is 1. The van der Waals surface area contributed by atoms with Gasteiger partial charge in [0.25, 0.3) is 5.91 Å². The molecular formula is C34H38N2O6. The van der Waals surface area contributed by atoms with Crippen LogP contribution >= 0.6 is 0 Å². The summed E-state index contributed by atoms with van der Waals surface area (Å²) in [5, 5.41) is 10.7. The van der Waals surface area contributed by atoms with Gasteiger partial charge in [-0.25, -0.2) is 0 Å². The van der Waals surface area contributed by atoms with Crippen LogP contribution in [0.15, 0.2) is 72.8 Å². The number of ether oxygens (including phenoxy) is 2. The highest BCUT2D eigenvalue weighted by molar-refractivity contribution is 6.06. The van der Waals surface area contributed by atoms with E-state index in [-0.39, 0.29) is 31.6 Å². The molecule has 220 valence electrons. The lowest BCUT2D eigenvalue weighted by molar-refractivity contribution is -0.159. The summed E-state index contributed by atoms with van der Waals surface area (Å²) in [7, 11) is 0. The Morgan fingerprint density at radius 2 is 1.79 bits per heavy atom. The molecule has 4 aliphatic rings. The molecule has 1 unspecified atom stereocenters. The van der Waals surface area contributed by atoms with Crippen molar-refractivity contribution < 1.29 is 29.0 Å². The molecule has 1 spiro atoms. The van der Waals surface area contributed by atoms with Crippen molar-refractivity contribution in [1.29, 1.82) is 0 Å². The molecule has 6 rings (SSSR count). The van der Waals surface area contributed by atoms with E-state index in [1.165, 1.54) is 4.90 Å². The summed E-state index contributed by atoms with van der Waals surface area (Å²) >= 11 is 0. The third-order valence-corrected chi connectivity index (χ3v) is 9.26. The lowest BCUT2D eigenvalue weighted by atomic mass is 9.74. The van der Waals surface area contributed by atoms with Crippen molar-refractivity contribution in [2.45, 2.75) is 63.3 Å². The Morgan fingerprint density at radius 1 is 1.00 bits per heavy atom. The quantitative estimate of drug-likeness (QED) is 0.435. The number of fused-ring (bicyclic) bond motifs is 2. The second kappa shape index (κ2) is 10.8. The van der Waals surface area contributed by atoms with Crippen molar-refractivity contribution in [1.82, 2.24) is 4.90 Å². The Kier molecular flexibility index (Phi) is 7.31. The summed E-state index contributed by atoms with van der Waals surface area (Å²) in [6.45, 7) is 5.91. The second-order valence-electron chi connectivity index (χ2n) is 12.1. The van der Waals surface area contributed by atoms with Crippen LogP contribution in [0.25, 0.3) is 0 Å². The van der Waals surface area contributed by atoms with Gasteiger partial charge in [0.1, 0.15) is 17.6 Å². The number of allylic oxidation sites excluding steroid dienone is 1. The predicted octanol–water partition coefficient (Wildman–Crippen LogP) is 3.67. The van der Waals surface area contributed by atoms with Gasteiger partial charge in [-0.3, -0.25) is 14.4 Å². The van der Waals surface area contributed by atoms with Gasteiger partial charge in [-0.2, -0.15) is 0 Å². The van der Waals surface area contributed by atoms with Crippen LogP contribution in [-0.2, 0) is 30.3 Å². The number of anilines is 1. The number of hydrogen-bond donors (Lipinski definition) is 1. The first-order chi connectivity index (χ1) is 20.2. The highest BCUT2D eigenvalue weighted by atomic mass is 16.6. The van der Waals surface area contributed by atoms with E-state index in [1.54, 1.807) is 4.90 Å². The van der Waals surface area contributed by atoms with E-state index in [4.69, 9.17) is 9.47 Å². The lowest BCUT2D eigenvalue weighted by Gasteiger charge is -2.40. The zero-order valence-electron chi connectivity index (χ0n) is 24.4. The first-order valence-electron chi connectivity index (χ1n) is 14.8. The number of nitrogens with zero attached hydrogens (tertiary/aromatic N) is 2. The molecule has 1 N–H and O–H groups in total. The molecule has 8 heteroatoms. The van der Waals surface area contributed by atoms with E-state index in [9.17, 15) is 19.5 Å². The number of hydrogen-bond acceptors (Lipinski definition) is 6. The van der Waals surface area contributed by atoms with Crippen molar-refractivity contribution in [3.05, 3.63) is 89.5 Å². The number of carbonyl (C=O) groups excluding carboxylic acids is 3. The SMILES string of the molecule is Cc1ccc(C)c(N2CC=C[C@]34O[C@@]5(C)/C=C\CCCOC(=O)[C@H]5[C@H]3C(=O)N([C@@H](CO)Cc3ccccc3)C4C2=O)c1. The molecule has 2 saturated heterocycles. The second-order valence-corrected chi connectivity index (χ2v) is 12.1. The third-order valence-electron chi connectivity index (χ3n) is 9.26. The molecule has 42 heavy (non-hydrogen) atoms. The number of esters is 1. The van der Waals surface area contributed by atoms with E-state index in [2.05, 4.69) is 0 Å². The van der Waals surface area contributed by atoms with Gasteiger partial charge in [-0.1, -0.05) is 66.8 Å². The van der Waals surface area contributed by atoms with Crippen molar-refractivity contribution in [3.8, 4) is 0 Å². The lowest BCUT2D eigenvalue weighted by Crippen LogP contribution is -2.59. The molecule has 4 heterocycles. The molecule has 0 radical (unpaired) electrons. The van der Waals surface area contributed by atoms with Gasteiger partial charge in [0.2, 0.25) is 5.91 Å². The number of aliphatic hydroxyl groups is 1. The summed E-state index contributed by atoms with van der Waals surface area (Å²) in [6.07, 6.45) is 9.26. The fourth-order valence-electron chi connectivity index (χ4n) is 7.33. The maximum absolute atomic E-state index is 14.8. The minimum absolute atomic E-state index is 0.249. The molecule has 0 aliphatic carbocycles. The van der Waals surface area contributed by atoms with Crippen LogP contribution in [0.3, 0.4) is 0 Å². The Bertz CT molecular complexity index is 1450. The summed E-state index contributed by atoms with van der Waals surface area (Å²) in [4.78, 5) is 46.4. The smallest absolute Gasteiger partial charge is 0.313 e. The molecule has 6 atom stereocenters. The number of amides is 2. The average Bonchev–Trinajstić information content (AvgIpc) is 3.33. The first-order valence-corrected chi connectivity index (χ1v) is 14.8. The highest BCUT2D eigenvalue weighted by Gasteiger charge is 2.75. The van der Waals surface area contributed by atoms with Gasteiger partial charge in [0.05, 0.1) is 30.8 Å². The third kappa shape index (κ3) is 4.48. The summed E-state index contributed by atoms with van der Waals surface area (Å²) < 4.78 is 12.6. The normalized spacial score (nSPS) is 32.2. The van der Waals surface area contributed by atoms with Crippen LogP contribution in [0.2, 0.25) is 0 Å². The summed E-state index contributed by atoms with van der Waals surface area (Å²) in [5.41, 5.74) is 1.04. The molecule has 2 aromatic carbocycles. The van der Waals surface area contributed by atoms with Crippen LogP contribution in [0.5, 0.6) is 0 Å². The summed E-state index contributed by atoms with van der Waals surface area (Å²) in [5.74, 6) is -3.13. The maximum atomic E-state index is 14.8. The first kappa shape index (κ1) is 28.4. The largest absolute Gasteiger partial charge is 0.465 e. The fraction of sp³-hybridized carbons (Fsp3) is 0.441. The molecule has 0 aromatic heterocycles. The number of benzene rings is 2. The van der Waals surface area contributed by atoms with Gasteiger partial charge in [0, 0.05) is 12.2 Å². The fourth-order valence-corrected chi connectivity index (χ4v) is 7.33. The summed E-state index contributed by atoms with van der Waals surface area (Å²) in [6, 6.07) is 13.7. The van der Waals surface area contributed by atoms with E-state index < -0.39 is 41.1 Å². The molecular weight excluding hydrogens is 532 g/mol. The van der Waals surface area contributed by atoms with E-state index in [1.807, 2.05) is 93.6 Å². The number of rotatable bonds is 5. The number of carbonyl (C=O) groups is 3. The Morgan fingerprint density at radius 3 is 2.55 bits per heavy atom. The predicted molar refractivity (Wildman–Crippen MR) is 158 cm³/mol. The molecule has 8 nitrogen and oxygen atoms in total. The van der Waals surface area contributed by atoms with Crippen molar-refractivity contribution in [2.24, 2.45) is 11.8 Å². The van der Waals surface area contributed by atoms with Gasteiger partial charge >= 0.3 is 5.97 Å². The Hall–Kier alpha value is -3.75. The minimum atomic E-state index is -1.42. The number of aryl methyl sites for hydroxylation is 2. The molecule has 2 fully saturated rings. The van der Waals surface area contributed by atoms with Gasteiger partial charge < -0.3 is 24.4 Å². The van der Waals surface area contributed by atoms with Gasteiger partial charge in [0.15, 0.2) is 0 Å². The molecule has 0 bridgehead atoms. The molecule has 2 amide bonds. The van der Waals surface area contributed by atoms with Crippen LogP contribution in [0.1, 0.15) is 36.5 Å². The number of aliphatic hydroxyl groups excluding tert-OH is 1. The standard InChI is InChI=1S/C34H38N2O6/c1-22-13-14-23(2)26(19-22)35-17-10-16-34-27(28-32(40)41-18-9-5-8-15-33(28,3)42-34)30(38)36(29(34)31(35)39)25(21-37)20-24-11-6-4-7-12-24/h4,6-8,10-16,19,25,27-29,37H,5,9,17-18,20-21H2,1-3H3/b15-8-/t25-,27+,28-,29?,33+,34+/m1/s1. The molecule has 0 saturated carbocycles. The monoisotopic (exact) mass is 570 g/mol. The van der Waals surface area contributed by atoms with Crippen molar-refractivity contribution in [2.75, 3.05) is 24.7 Å². The molecule has 2 aromatic rings. The van der Waals surface area contributed by atoms with Crippen molar-refractivity contribution in [3.63, 3.8) is 0 Å².